The lowest BCUT2D eigenvalue weighted by Gasteiger charge is -2.18. The van der Waals surface area contributed by atoms with Crippen molar-refractivity contribution < 1.29 is 4.39 Å². The van der Waals surface area contributed by atoms with Crippen LogP contribution in [0.25, 0.3) is 0 Å². The number of hydrogen-bond acceptors (Lipinski definition) is 3. The zero-order chi connectivity index (χ0) is 13.8. The molecular weight excluding hydrogens is 288 g/mol. The fraction of sp³-hybridized carbons (Fsp3) is 0.154. The van der Waals surface area contributed by atoms with E-state index >= 15 is 0 Å². The Bertz CT molecular complexity index is 557. The van der Waals surface area contributed by atoms with Crippen molar-refractivity contribution in [1.29, 1.82) is 0 Å². The summed E-state index contributed by atoms with van der Waals surface area (Å²) in [5.74, 6) is 5.08. The van der Waals surface area contributed by atoms with Crippen molar-refractivity contribution >= 4 is 23.2 Å². The summed E-state index contributed by atoms with van der Waals surface area (Å²) in [7, 11) is 0. The number of hydrazine groups is 1. The highest BCUT2D eigenvalue weighted by Gasteiger charge is 2.17. The van der Waals surface area contributed by atoms with Crippen molar-refractivity contribution in [2.75, 3.05) is 0 Å². The highest BCUT2D eigenvalue weighted by atomic mass is 35.5. The number of rotatable bonds is 4. The van der Waals surface area contributed by atoms with Crippen LogP contribution in [0.5, 0.6) is 0 Å². The molecule has 0 aliphatic carbocycles. The Kier molecular flexibility index (Phi) is 4.71. The van der Waals surface area contributed by atoms with Gasteiger partial charge >= 0.3 is 0 Å². The molecule has 0 radical (unpaired) electrons. The minimum Gasteiger partial charge on any atom is -0.271 e. The number of nitrogens with zero attached hydrogens (tertiary/aromatic N) is 1. The Labute approximate surface area is 120 Å². The van der Waals surface area contributed by atoms with Gasteiger partial charge in [0.2, 0.25) is 0 Å². The molecule has 2 aromatic rings. The van der Waals surface area contributed by atoms with Crippen molar-refractivity contribution in [3.05, 3.63) is 63.6 Å². The van der Waals surface area contributed by atoms with Crippen molar-refractivity contribution in [3.63, 3.8) is 0 Å². The molecule has 3 nitrogen and oxygen atoms in total. The molecule has 100 valence electrons. The van der Waals surface area contributed by atoms with Crippen molar-refractivity contribution in [2.24, 2.45) is 5.84 Å². The average molecular weight is 300 g/mol. The lowest BCUT2D eigenvalue weighted by atomic mass is 10.00. The van der Waals surface area contributed by atoms with Gasteiger partial charge < -0.3 is 0 Å². The van der Waals surface area contributed by atoms with Gasteiger partial charge in [-0.2, -0.15) is 0 Å². The lowest BCUT2D eigenvalue weighted by molar-refractivity contribution is 0.508. The molecule has 1 atom stereocenters. The first kappa shape index (κ1) is 14.2. The first-order valence-electron chi connectivity index (χ1n) is 5.62. The molecule has 0 aliphatic heterocycles. The predicted octanol–water partition coefficient (Wildman–Crippen LogP) is 3.27. The fourth-order valence-electron chi connectivity index (χ4n) is 1.86. The Morgan fingerprint density at radius 3 is 2.53 bits per heavy atom. The molecule has 6 heteroatoms. The quantitative estimate of drug-likeness (QED) is 0.673. The molecule has 0 saturated carbocycles. The Morgan fingerprint density at radius 1 is 1.26 bits per heavy atom. The van der Waals surface area contributed by atoms with Gasteiger partial charge in [-0.1, -0.05) is 29.3 Å². The molecule has 0 saturated heterocycles. The summed E-state index contributed by atoms with van der Waals surface area (Å²) in [5.41, 5.74) is 3.73. The van der Waals surface area contributed by atoms with Gasteiger partial charge in [-0.05, 0) is 30.2 Å². The van der Waals surface area contributed by atoms with E-state index in [1.54, 1.807) is 24.3 Å². The molecule has 0 fully saturated rings. The molecule has 1 heterocycles. The van der Waals surface area contributed by atoms with E-state index in [4.69, 9.17) is 29.0 Å². The number of pyridine rings is 1. The van der Waals surface area contributed by atoms with Gasteiger partial charge in [0.15, 0.2) is 0 Å². The summed E-state index contributed by atoms with van der Waals surface area (Å²) in [5, 5.41) is 1.06. The zero-order valence-electron chi connectivity index (χ0n) is 9.91. The molecule has 0 bridgehead atoms. The molecule has 1 aromatic heterocycles. The second kappa shape index (κ2) is 6.30. The van der Waals surface area contributed by atoms with Gasteiger partial charge in [-0.3, -0.25) is 16.3 Å². The minimum absolute atomic E-state index is 0.385. The van der Waals surface area contributed by atoms with Crippen LogP contribution in [0.2, 0.25) is 10.0 Å². The van der Waals surface area contributed by atoms with E-state index in [1.807, 2.05) is 0 Å². The molecular formula is C13H12Cl2FN3. The Balaban J connectivity index is 2.32. The third-order valence-electron chi connectivity index (χ3n) is 2.85. The molecule has 3 N–H and O–H groups in total. The minimum atomic E-state index is -0.430. The van der Waals surface area contributed by atoms with Crippen molar-refractivity contribution in [2.45, 2.75) is 12.5 Å². The van der Waals surface area contributed by atoms with Crippen LogP contribution in [0.1, 0.15) is 17.2 Å². The topological polar surface area (TPSA) is 50.9 Å². The second-order valence-electron chi connectivity index (χ2n) is 4.02. The van der Waals surface area contributed by atoms with Gasteiger partial charge in [0, 0.05) is 21.8 Å². The molecule has 0 spiro atoms. The van der Waals surface area contributed by atoms with E-state index in [1.165, 1.54) is 6.20 Å². The molecule has 1 unspecified atom stereocenters. The number of halogens is 3. The first-order chi connectivity index (χ1) is 9.13. The van der Waals surface area contributed by atoms with Crippen molar-refractivity contribution in [3.8, 4) is 0 Å². The lowest BCUT2D eigenvalue weighted by Crippen LogP contribution is -2.30. The third kappa shape index (κ3) is 3.22. The van der Waals surface area contributed by atoms with E-state index in [0.717, 1.165) is 11.8 Å². The van der Waals surface area contributed by atoms with E-state index in [0.29, 0.717) is 22.0 Å². The van der Waals surface area contributed by atoms with Crippen LogP contribution >= 0.6 is 23.2 Å². The summed E-state index contributed by atoms with van der Waals surface area (Å²) in [6.45, 7) is 0. The van der Waals surface area contributed by atoms with E-state index in [2.05, 4.69) is 10.4 Å². The normalized spacial score (nSPS) is 12.4. The SMILES string of the molecule is NNC(Cc1c(Cl)cccc1Cl)c1ccncc1F. The molecule has 19 heavy (non-hydrogen) atoms. The smallest absolute Gasteiger partial charge is 0.146 e. The highest BCUT2D eigenvalue weighted by molar-refractivity contribution is 6.36. The van der Waals surface area contributed by atoms with Gasteiger partial charge in [0.25, 0.3) is 0 Å². The maximum Gasteiger partial charge on any atom is 0.146 e. The maximum absolute atomic E-state index is 13.7. The van der Waals surface area contributed by atoms with Crippen LogP contribution in [0.3, 0.4) is 0 Å². The standard InChI is InChI=1S/C13H12Cl2FN3/c14-10-2-1-3-11(15)9(10)6-13(19-17)8-4-5-18-7-12(8)16/h1-5,7,13,19H,6,17H2. The molecule has 2 rings (SSSR count). The average Bonchev–Trinajstić information content (AvgIpc) is 2.40. The van der Waals surface area contributed by atoms with Gasteiger partial charge in [0.05, 0.1) is 12.2 Å². The van der Waals surface area contributed by atoms with Crippen LogP contribution in [-0.2, 0) is 6.42 Å². The summed E-state index contributed by atoms with van der Waals surface area (Å²) in [6, 6.07) is 6.37. The molecule has 1 aromatic carbocycles. The number of nitrogens with two attached hydrogens (primary N) is 1. The first-order valence-corrected chi connectivity index (χ1v) is 6.37. The zero-order valence-corrected chi connectivity index (χ0v) is 11.4. The summed E-state index contributed by atoms with van der Waals surface area (Å²) < 4.78 is 13.7. The van der Waals surface area contributed by atoms with Gasteiger partial charge in [-0.25, -0.2) is 4.39 Å². The number of nitrogens with one attached hydrogen (secondary N) is 1. The monoisotopic (exact) mass is 299 g/mol. The van der Waals surface area contributed by atoms with E-state index in [-0.39, 0.29) is 0 Å². The van der Waals surface area contributed by atoms with E-state index in [9.17, 15) is 4.39 Å². The largest absolute Gasteiger partial charge is 0.271 e. The molecule has 0 aliphatic rings. The predicted molar refractivity (Wildman–Crippen MR) is 74.4 cm³/mol. The van der Waals surface area contributed by atoms with E-state index < -0.39 is 11.9 Å². The van der Waals surface area contributed by atoms with Crippen LogP contribution in [0.4, 0.5) is 4.39 Å². The number of benzene rings is 1. The van der Waals surface area contributed by atoms with Crippen molar-refractivity contribution in [1.82, 2.24) is 10.4 Å². The van der Waals surface area contributed by atoms with Crippen LogP contribution in [0.15, 0.2) is 36.7 Å². The number of aromatic nitrogens is 1. The Hall–Kier alpha value is -1.20. The van der Waals surface area contributed by atoms with Gasteiger partial charge in [-0.15, -0.1) is 0 Å². The fourth-order valence-corrected chi connectivity index (χ4v) is 2.41. The third-order valence-corrected chi connectivity index (χ3v) is 3.56. The number of hydrogen-bond donors (Lipinski definition) is 2. The molecule has 0 amide bonds. The van der Waals surface area contributed by atoms with Crippen LogP contribution < -0.4 is 11.3 Å². The van der Waals surface area contributed by atoms with Crippen LogP contribution in [0, 0.1) is 5.82 Å². The second-order valence-corrected chi connectivity index (χ2v) is 4.84. The maximum atomic E-state index is 13.7. The summed E-state index contributed by atoms with van der Waals surface area (Å²) >= 11 is 12.2. The Morgan fingerprint density at radius 2 is 1.95 bits per heavy atom. The highest BCUT2D eigenvalue weighted by Crippen LogP contribution is 2.29. The summed E-state index contributed by atoms with van der Waals surface area (Å²) in [6.07, 6.45) is 3.04. The summed E-state index contributed by atoms with van der Waals surface area (Å²) in [4.78, 5) is 3.71. The van der Waals surface area contributed by atoms with Crippen LogP contribution in [-0.4, -0.2) is 4.98 Å². The van der Waals surface area contributed by atoms with Gasteiger partial charge in [0.1, 0.15) is 5.82 Å².